The molecule has 0 aliphatic heterocycles. The van der Waals surface area contributed by atoms with Crippen molar-refractivity contribution in [1.82, 2.24) is 5.32 Å². The summed E-state index contributed by atoms with van der Waals surface area (Å²) in [5.41, 5.74) is 0.881. The van der Waals surface area contributed by atoms with Crippen molar-refractivity contribution in [2.45, 2.75) is 0 Å². The SMILES string of the molecule is O=C(CNC(=O)c1ccc(Cl)cc1)Nc1cc(Cl)cc(Cl)c1. The highest BCUT2D eigenvalue weighted by Crippen LogP contribution is 2.22. The molecule has 7 heteroatoms. The Bertz CT molecular complexity index is 682. The molecular formula is C15H11Cl3N2O2. The predicted molar refractivity (Wildman–Crippen MR) is 88.9 cm³/mol. The lowest BCUT2D eigenvalue weighted by Gasteiger charge is -2.08. The van der Waals surface area contributed by atoms with E-state index in [0.717, 1.165) is 0 Å². The van der Waals surface area contributed by atoms with Crippen LogP contribution in [-0.4, -0.2) is 18.4 Å². The Morgan fingerprint density at radius 3 is 2.05 bits per heavy atom. The van der Waals surface area contributed by atoms with Gasteiger partial charge in [0.05, 0.1) is 6.54 Å². The van der Waals surface area contributed by atoms with Crippen molar-refractivity contribution in [1.29, 1.82) is 0 Å². The second-order valence-corrected chi connectivity index (χ2v) is 5.71. The number of hydrogen-bond donors (Lipinski definition) is 2. The number of rotatable bonds is 4. The van der Waals surface area contributed by atoms with Gasteiger partial charge in [-0.25, -0.2) is 0 Å². The molecule has 0 atom stereocenters. The van der Waals surface area contributed by atoms with Crippen molar-refractivity contribution >= 4 is 52.3 Å². The molecule has 0 aromatic heterocycles. The maximum absolute atomic E-state index is 11.8. The van der Waals surface area contributed by atoms with Crippen LogP contribution >= 0.6 is 34.8 Å². The van der Waals surface area contributed by atoms with Crippen LogP contribution in [0, 0.1) is 0 Å². The molecule has 114 valence electrons. The van der Waals surface area contributed by atoms with Crippen LogP contribution in [0.3, 0.4) is 0 Å². The molecule has 0 saturated heterocycles. The summed E-state index contributed by atoms with van der Waals surface area (Å²) in [5.74, 6) is -0.753. The summed E-state index contributed by atoms with van der Waals surface area (Å²) in [6.45, 7) is -0.175. The Hall–Kier alpha value is -1.75. The molecule has 0 bridgehead atoms. The first-order valence-electron chi connectivity index (χ1n) is 6.24. The molecule has 4 nitrogen and oxygen atoms in total. The molecule has 0 aliphatic rings. The third-order valence-electron chi connectivity index (χ3n) is 2.66. The van der Waals surface area contributed by atoms with Gasteiger partial charge in [-0.15, -0.1) is 0 Å². The minimum atomic E-state index is -0.388. The van der Waals surface area contributed by atoms with Crippen LogP contribution < -0.4 is 10.6 Å². The van der Waals surface area contributed by atoms with Gasteiger partial charge < -0.3 is 10.6 Å². The Balaban J connectivity index is 1.89. The predicted octanol–water partition coefficient (Wildman–Crippen LogP) is 4.02. The van der Waals surface area contributed by atoms with Crippen LogP contribution in [0.2, 0.25) is 15.1 Å². The molecule has 2 N–H and O–H groups in total. The summed E-state index contributed by atoms with van der Waals surface area (Å²) < 4.78 is 0. The molecule has 2 amide bonds. The van der Waals surface area contributed by atoms with E-state index in [4.69, 9.17) is 34.8 Å². The number of amides is 2. The van der Waals surface area contributed by atoms with Crippen LogP contribution in [0.5, 0.6) is 0 Å². The number of nitrogens with one attached hydrogen (secondary N) is 2. The van der Waals surface area contributed by atoms with E-state index >= 15 is 0 Å². The number of carbonyl (C=O) groups excluding carboxylic acids is 2. The van der Waals surface area contributed by atoms with Gasteiger partial charge in [-0.2, -0.15) is 0 Å². The molecule has 0 radical (unpaired) electrons. The van der Waals surface area contributed by atoms with E-state index in [0.29, 0.717) is 26.3 Å². The van der Waals surface area contributed by atoms with Gasteiger partial charge in [0.15, 0.2) is 0 Å². The zero-order valence-electron chi connectivity index (χ0n) is 11.2. The lowest BCUT2D eigenvalue weighted by molar-refractivity contribution is -0.115. The van der Waals surface area contributed by atoms with Gasteiger partial charge >= 0.3 is 0 Å². The summed E-state index contributed by atoms with van der Waals surface area (Å²) in [6, 6.07) is 11.0. The highest BCUT2D eigenvalue weighted by Gasteiger charge is 2.09. The lowest BCUT2D eigenvalue weighted by atomic mass is 10.2. The monoisotopic (exact) mass is 356 g/mol. The number of anilines is 1. The van der Waals surface area contributed by atoms with E-state index in [1.54, 1.807) is 42.5 Å². The average molecular weight is 358 g/mol. The summed E-state index contributed by atoms with van der Waals surface area (Å²) >= 11 is 17.4. The zero-order valence-corrected chi connectivity index (χ0v) is 13.5. The highest BCUT2D eigenvalue weighted by molar-refractivity contribution is 6.35. The number of carbonyl (C=O) groups is 2. The fourth-order valence-corrected chi connectivity index (χ4v) is 2.35. The first-order valence-corrected chi connectivity index (χ1v) is 7.37. The minimum Gasteiger partial charge on any atom is -0.343 e. The Morgan fingerprint density at radius 2 is 1.45 bits per heavy atom. The Morgan fingerprint density at radius 1 is 0.864 bits per heavy atom. The van der Waals surface area contributed by atoms with Crippen molar-refractivity contribution in [3.05, 3.63) is 63.1 Å². The molecular weight excluding hydrogens is 347 g/mol. The summed E-state index contributed by atoms with van der Waals surface area (Å²) in [4.78, 5) is 23.6. The molecule has 0 heterocycles. The third-order valence-corrected chi connectivity index (χ3v) is 3.35. The van der Waals surface area contributed by atoms with Crippen molar-refractivity contribution in [3.8, 4) is 0 Å². The molecule has 0 spiro atoms. The van der Waals surface area contributed by atoms with Crippen molar-refractivity contribution in [2.75, 3.05) is 11.9 Å². The van der Waals surface area contributed by atoms with Crippen molar-refractivity contribution in [3.63, 3.8) is 0 Å². The van der Waals surface area contributed by atoms with Gasteiger partial charge in [0.1, 0.15) is 0 Å². The number of hydrogen-bond acceptors (Lipinski definition) is 2. The van der Waals surface area contributed by atoms with E-state index in [-0.39, 0.29) is 18.4 Å². The largest absolute Gasteiger partial charge is 0.343 e. The summed E-state index contributed by atoms with van der Waals surface area (Å²) in [6.07, 6.45) is 0. The van der Waals surface area contributed by atoms with Crippen molar-refractivity contribution in [2.24, 2.45) is 0 Å². The topological polar surface area (TPSA) is 58.2 Å². The molecule has 0 saturated carbocycles. The molecule has 0 unspecified atom stereocenters. The van der Waals surface area contributed by atoms with Crippen LogP contribution in [0.15, 0.2) is 42.5 Å². The van der Waals surface area contributed by atoms with E-state index in [1.807, 2.05) is 0 Å². The molecule has 2 rings (SSSR count). The maximum Gasteiger partial charge on any atom is 0.251 e. The Labute approximate surface area is 142 Å². The molecule has 0 fully saturated rings. The second kappa shape index (κ2) is 7.49. The minimum absolute atomic E-state index is 0.175. The smallest absolute Gasteiger partial charge is 0.251 e. The Kier molecular flexibility index (Phi) is 5.66. The quantitative estimate of drug-likeness (QED) is 0.868. The first kappa shape index (κ1) is 16.6. The van der Waals surface area contributed by atoms with Crippen molar-refractivity contribution < 1.29 is 9.59 Å². The zero-order chi connectivity index (χ0) is 16.1. The highest BCUT2D eigenvalue weighted by atomic mass is 35.5. The van der Waals surface area contributed by atoms with Gasteiger partial charge in [0, 0.05) is 26.3 Å². The fourth-order valence-electron chi connectivity index (χ4n) is 1.70. The van der Waals surface area contributed by atoms with E-state index in [1.165, 1.54) is 0 Å². The molecule has 22 heavy (non-hydrogen) atoms. The van der Waals surface area contributed by atoms with Crippen LogP contribution in [0.25, 0.3) is 0 Å². The van der Waals surface area contributed by atoms with Gasteiger partial charge in [-0.3, -0.25) is 9.59 Å². The molecule has 2 aromatic carbocycles. The van der Waals surface area contributed by atoms with Gasteiger partial charge in [0.25, 0.3) is 5.91 Å². The lowest BCUT2D eigenvalue weighted by Crippen LogP contribution is -2.32. The third kappa shape index (κ3) is 4.91. The van der Waals surface area contributed by atoms with E-state index in [2.05, 4.69) is 10.6 Å². The first-order chi connectivity index (χ1) is 10.4. The van der Waals surface area contributed by atoms with E-state index < -0.39 is 0 Å². The number of benzene rings is 2. The maximum atomic E-state index is 11.8. The molecule has 2 aromatic rings. The number of halogens is 3. The molecule has 0 aliphatic carbocycles. The van der Waals surface area contributed by atoms with Gasteiger partial charge in [-0.1, -0.05) is 34.8 Å². The fraction of sp³-hybridized carbons (Fsp3) is 0.0667. The van der Waals surface area contributed by atoms with Crippen LogP contribution in [-0.2, 0) is 4.79 Å². The van der Waals surface area contributed by atoms with Gasteiger partial charge in [-0.05, 0) is 42.5 Å². The standard InChI is InChI=1S/C15H11Cl3N2O2/c16-10-3-1-9(2-4-10)15(22)19-8-14(21)20-13-6-11(17)5-12(18)7-13/h1-7H,8H2,(H,19,22)(H,20,21). The normalized spacial score (nSPS) is 10.1. The summed E-state index contributed by atoms with van der Waals surface area (Å²) in [7, 11) is 0. The average Bonchev–Trinajstić information content (AvgIpc) is 2.44. The van der Waals surface area contributed by atoms with E-state index in [9.17, 15) is 9.59 Å². The van der Waals surface area contributed by atoms with Crippen LogP contribution in [0.4, 0.5) is 5.69 Å². The summed E-state index contributed by atoms with van der Waals surface area (Å²) in [5, 5.41) is 6.46. The second-order valence-electron chi connectivity index (χ2n) is 4.40. The van der Waals surface area contributed by atoms with Crippen LogP contribution in [0.1, 0.15) is 10.4 Å². The van der Waals surface area contributed by atoms with Gasteiger partial charge in [0.2, 0.25) is 5.91 Å².